The van der Waals surface area contributed by atoms with Gasteiger partial charge in [-0.05, 0) is 29.8 Å². The van der Waals surface area contributed by atoms with E-state index in [4.69, 9.17) is 0 Å². The van der Waals surface area contributed by atoms with Gasteiger partial charge in [0.1, 0.15) is 0 Å². The molecule has 2 aromatic carbocycles. The van der Waals surface area contributed by atoms with Gasteiger partial charge in [-0.2, -0.15) is 0 Å². The first-order valence-corrected chi connectivity index (χ1v) is 10.9. The van der Waals surface area contributed by atoms with Gasteiger partial charge in [0.15, 0.2) is 0 Å². The first kappa shape index (κ1) is 19.0. The summed E-state index contributed by atoms with van der Waals surface area (Å²) < 4.78 is 0. The van der Waals surface area contributed by atoms with Crippen LogP contribution in [0, 0.1) is 0 Å². The predicted molar refractivity (Wildman–Crippen MR) is 112 cm³/mol. The second-order valence-electron chi connectivity index (χ2n) is 7.40. The van der Waals surface area contributed by atoms with Crippen molar-refractivity contribution in [3.8, 4) is 0 Å². The molecule has 2 aliphatic heterocycles. The lowest BCUT2D eigenvalue weighted by Crippen LogP contribution is -3.10. The van der Waals surface area contributed by atoms with Crippen LogP contribution in [0.5, 0.6) is 0 Å². The molecule has 0 bridgehead atoms. The van der Waals surface area contributed by atoms with Gasteiger partial charge < -0.3 is 15.1 Å². The molecule has 0 spiro atoms. The molecule has 28 heavy (non-hydrogen) atoms. The number of amides is 2. The minimum atomic E-state index is -0.0404. The Morgan fingerprint density at radius 3 is 2.79 bits per heavy atom. The summed E-state index contributed by atoms with van der Waals surface area (Å²) in [6.45, 7) is 4.61. The minimum Gasteiger partial charge on any atom is -0.346 e. The number of quaternary nitrogens is 1. The molecule has 146 valence electrons. The van der Waals surface area contributed by atoms with Gasteiger partial charge in [0.25, 0.3) is 5.91 Å². The van der Waals surface area contributed by atoms with Crippen molar-refractivity contribution in [1.29, 1.82) is 0 Å². The van der Waals surface area contributed by atoms with E-state index in [0.717, 1.165) is 22.7 Å². The summed E-state index contributed by atoms with van der Waals surface area (Å²) in [5, 5.41) is 3.04. The summed E-state index contributed by atoms with van der Waals surface area (Å²) in [7, 11) is 0. The fourth-order valence-corrected chi connectivity index (χ4v) is 4.84. The zero-order valence-electron chi connectivity index (χ0n) is 15.9. The highest BCUT2D eigenvalue weighted by molar-refractivity contribution is 8.00. The molecule has 2 amide bonds. The van der Waals surface area contributed by atoms with E-state index in [2.05, 4.69) is 5.32 Å². The average Bonchev–Trinajstić information content (AvgIpc) is 3.24. The summed E-state index contributed by atoms with van der Waals surface area (Å²) in [5.74, 6) is 0.518. The Hall–Kier alpha value is -2.31. The first-order valence-electron chi connectivity index (χ1n) is 9.93. The number of fused-ring (bicyclic) bond motifs is 1. The Morgan fingerprint density at radius 1 is 1.11 bits per heavy atom. The molecule has 4 rings (SSSR count). The van der Waals surface area contributed by atoms with Gasteiger partial charge in [-0.3, -0.25) is 9.59 Å². The number of rotatable bonds is 6. The molecule has 0 aromatic heterocycles. The van der Waals surface area contributed by atoms with Crippen molar-refractivity contribution in [1.82, 2.24) is 5.32 Å². The Morgan fingerprint density at radius 2 is 1.93 bits per heavy atom. The Labute approximate surface area is 170 Å². The summed E-state index contributed by atoms with van der Waals surface area (Å²) in [4.78, 5) is 29.5. The maximum Gasteiger partial charge on any atom is 0.251 e. The van der Waals surface area contributed by atoms with Crippen LogP contribution in [0.15, 0.2) is 53.4 Å². The Bertz CT molecular complexity index is 864. The van der Waals surface area contributed by atoms with Crippen molar-refractivity contribution < 1.29 is 14.5 Å². The number of thioether (sulfide) groups is 1. The summed E-state index contributed by atoms with van der Waals surface area (Å²) in [6.07, 6.45) is 2.59. The number of hydrogen-bond acceptors (Lipinski definition) is 3. The van der Waals surface area contributed by atoms with E-state index in [1.807, 2.05) is 53.4 Å². The number of carbonyl (C=O) groups excluding carboxylic acids is 2. The lowest BCUT2D eigenvalue weighted by molar-refractivity contribution is -0.886. The summed E-state index contributed by atoms with van der Waals surface area (Å²) >= 11 is 1.58. The van der Waals surface area contributed by atoms with Crippen LogP contribution >= 0.6 is 11.8 Å². The topological polar surface area (TPSA) is 53.9 Å². The fraction of sp³-hybridized carbons (Fsp3) is 0.364. The average molecular weight is 397 g/mol. The number of nitrogens with zero attached hydrogens (tertiary/aromatic N) is 1. The molecule has 5 nitrogen and oxygen atoms in total. The molecule has 2 heterocycles. The lowest BCUT2D eigenvalue weighted by Gasteiger charge is -2.29. The van der Waals surface area contributed by atoms with Crippen molar-refractivity contribution in [2.75, 3.05) is 36.8 Å². The Balaban J connectivity index is 1.41. The van der Waals surface area contributed by atoms with Crippen LogP contribution in [0.2, 0.25) is 0 Å². The highest BCUT2D eigenvalue weighted by Gasteiger charge is 2.24. The quantitative estimate of drug-likeness (QED) is 0.782. The van der Waals surface area contributed by atoms with Crippen LogP contribution < -0.4 is 15.1 Å². The number of para-hydroxylation sites is 1. The summed E-state index contributed by atoms with van der Waals surface area (Å²) in [5.41, 5.74) is 2.57. The van der Waals surface area contributed by atoms with Gasteiger partial charge in [-0.1, -0.05) is 24.3 Å². The molecular weight excluding hydrogens is 370 g/mol. The highest BCUT2D eigenvalue weighted by atomic mass is 32.2. The predicted octanol–water partition coefficient (Wildman–Crippen LogP) is 1.73. The normalized spacial score (nSPS) is 16.9. The van der Waals surface area contributed by atoms with Crippen molar-refractivity contribution in [3.05, 3.63) is 59.7 Å². The third-order valence-electron chi connectivity index (χ3n) is 5.41. The molecule has 2 aromatic rings. The molecule has 0 unspecified atom stereocenters. The van der Waals surface area contributed by atoms with Crippen LogP contribution in [0.1, 0.15) is 28.8 Å². The number of benzene rings is 2. The Kier molecular flexibility index (Phi) is 5.98. The highest BCUT2D eigenvalue weighted by Crippen LogP contribution is 2.35. The van der Waals surface area contributed by atoms with E-state index in [1.54, 1.807) is 16.7 Å². The maximum atomic E-state index is 12.5. The SMILES string of the molecule is O=C(NCC[NH+]1CCCC1)c1cccc(CN2C(=O)CSc3ccccc32)c1. The third-order valence-corrected chi connectivity index (χ3v) is 6.46. The number of hydrogen-bond donors (Lipinski definition) is 2. The second-order valence-corrected chi connectivity index (χ2v) is 8.42. The third kappa shape index (κ3) is 4.39. The van der Waals surface area contributed by atoms with Crippen LogP contribution in [-0.2, 0) is 11.3 Å². The van der Waals surface area contributed by atoms with Crippen LogP contribution in [-0.4, -0.2) is 43.7 Å². The van der Waals surface area contributed by atoms with E-state index in [-0.39, 0.29) is 11.8 Å². The number of anilines is 1. The van der Waals surface area contributed by atoms with Crippen molar-refractivity contribution >= 4 is 29.3 Å². The van der Waals surface area contributed by atoms with Gasteiger partial charge in [0, 0.05) is 23.3 Å². The van der Waals surface area contributed by atoms with Crippen molar-refractivity contribution in [2.24, 2.45) is 0 Å². The maximum absolute atomic E-state index is 12.5. The molecule has 2 aliphatic rings. The van der Waals surface area contributed by atoms with E-state index in [1.165, 1.54) is 25.9 Å². The van der Waals surface area contributed by atoms with Crippen molar-refractivity contribution in [2.45, 2.75) is 24.3 Å². The number of likely N-dealkylation sites (tertiary alicyclic amines) is 1. The molecule has 1 saturated heterocycles. The monoisotopic (exact) mass is 396 g/mol. The number of carbonyl (C=O) groups is 2. The molecule has 6 heteroatoms. The van der Waals surface area contributed by atoms with Gasteiger partial charge in [0.05, 0.1) is 44.2 Å². The molecule has 0 atom stereocenters. The van der Waals surface area contributed by atoms with Gasteiger partial charge in [-0.15, -0.1) is 11.8 Å². The standard InChI is InChI=1S/C22H25N3O2S/c26-21-16-28-20-9-2-1-8-19(20)25(21)15-17-6-5-7-18(14-17)22(27)23-10-13-24-11-3-4-12-24/h1-2,5-9,14H,3-4,10-13,15-16H2,(H,23,27)/p+1. The summed E-state index contributed by atoms with van der Waals surface area (Å²) in [6, 6.07) is 15.6. The van der Waals surface area contributed by atoms with E-state index in [9.17, 15) is 9.59 Å². The van der Waals surface area contributed by atoms with Crippen LogP contribution in [0.3, 0.4) is 0 Å². The first-order chi connectivity index (χ1) is 13.7. The van der Waals surface area contributed by atoms with Crippen LogP contribution in [0.4, 0.5) is 5.69 Å². The fourth-order valence-electron chi connectivity index (χ4n) is 3.90. The molecule has 0 radical (unpaired) electrons. The molecule has 1 fully saturated rings. The zero-order chi connectivity index (χ0) is 19.3. The smallest absolute Gasteiger partial charge is 0.251 e. The molecule has 0 saturated carbocycles. The van der Waals surface area contributed by atoms with Gasteiger partial charge in [0.2, 0.25) is 5.91 Å². The molecular formula is C22H26N3O2S+. The second kappa shape index (κ2) is 8.80. The van der Waals surface area contributed by atoms with E-state index in [0.29, 0.717) is 24.4 Å². The van der Waals surface area contributed by atoms with E-state index < -0.39 is 0 Å². The molecule has 0 aliphatic carbocycles. The van der Waals surface area contributed by atoms with Crippen LogP contribution in [0.25, 0.3) is 0 Å². The number of nitrogens with one attached hydrogen (secondary N) is 2. The van der Waals surface area contributed by atoms with E-state index >= 15 is 0 Å². The molecule has 2 N–H and O–H groups in total. The zero-order valence-corrected chi connectivity index (χ0v) is 16.8. The van der Waals surface area contributed by atoms with Crippen molar-refractivity contribution in [3.63, 3.8) is 0 Å². The van der Waals surface area contributed by atoms with Gasteiger partial charge >= 0.3 is 0 Å². The minimum absolute atomic E-state index is 0.0404. The lowest BCUT2D eigenvalue weighted by atomic mass is 10.1. The van der Waals surface area contributed by atoms with Gasteiger partial charge in [-0.25, -0.2) is 0 Å². The largest absolute Gasteiger partial charge is 0.346 e.